The lowest BCUT2D eigenvalue weighted by molar-refractivity contribution is 0.377. The molecule has 0 heterocycles. The molecule has 2 aromatic carbocycles. The molecule has 0 bridgehead atoms. The minimum Gasteiger partial charge on any atom is -0.493 e. The molecule has 0 aliphatic carbocycles. The molecule has 0 saturated heterocycles. The van der Waals surface area contributed by atoms with Crippen LogP contribution in [0.2, 0.25) is 5.02 Å². The monoisotopic (exact) mass is 291 g/mol. The average Bonchev–Trinajstić information content (AvgIpc) is 2.44. The summed E-state index contributed by atoms with van der Waals surface area (Å²) in [5.41, 5.74) is 7.76. The van der Waals surface area contributed by atoms with Crippen LogP contribution in [0.5, 0.6) is 17.2 Å². The summed E-state index contributed by atoms with van der Waals surface area (Å²) in [4.78, 5) is 0. The van der Waals surface area contributed by atoms with Gasteiger partial charge in [0.25, 0.3) is 0 Å². The molecule has 0 aliphatic heterocycles. The molecule has 0 atom stereocenters. The van der Waals surface area contributed by atoms with E-state index in [-0.39, 0.29) is 0 Å². The number of aryl methyl sites for hydroxylation is 1. The maximum absolute atomic E-state index is 6.04. The fourth-order valence-corrected chi connectivity index (χ4v) is 2.13. The third kappa shape index (κ3) is 3.44. The Morgan fingerprint density at radius 2 is 1.85 bits per heavy atom. The standard InChI is InChI=1S/C16H18ClNO2/c1-11-3-6-14(16(9-11)19-2)20-15-10-13(17)5-4-12(15)7-8-18/h3-6,9-10H,7-8,18H2,1-2H3. The van der Waals surface area contributed by atoms with Gasteiger partial charge in [-0.2, -0.15) is 0 Å². The van der Waals surface area contributed by atoms with Crippen LogP contribution in [0.25, 0.3) is 0 Å². The number of hydrogen-bond acceptors (Lipinski definition) is 3. The second kappa shape index (κ2) is 6.64. The van der Waals surface area contributed by atoms with Crippen LogP contribution < -0.4 is 15.2 Å². The summed E-state index contributed by atoms with van der Waals surface area (Å²) in [7, 11) is 1.63. The lowest BCUT2D eigenvalue weighted by Crippen LogP contribution is -2.04. The number of nitrogens with two attached hydrogens (primary N) is 1. The number of hydrogen-bond donors (Lipinski definition) is 1. The molecule has 2 rings (SSSR count). The van der Waals surface area contributed by atoms with Crippen LogP contribution in [0.3, 0.4) is 0 Å². The lowest BCUT2D eigenvalue weighted by Gasteiger charge is -2.14. The Labute approximate surface area is 124 Å². The topological polar surface area (TPSA) is 44.5 Å². The zero-order chi connectivity index (χ0) is 14.5. The van der Waals surface area contributed by atoms with Crippen molar-refractivity contribution in [1.82, 2.24) is 0 Å². The van der Waals surface area contributed by atoms with E-state index in [0.717, 1.165) is 17.5 Å². The number of benzene rings is 2. The third-order valence-electron chi connectivity index (χ3n) is 2.98. The molecule has 2 aromatic rings. The Bertz CT molecular complexity index is 599. The van der Waals surface area contributed by atoms with E-state index in [0.29, 0.717) is 28.8 Å². The maximum Gasteiger partial charge on any atom is 0.169 e. The molecule has 0 aliphatic rings. The van der Waals surface area contributed by atoms with Gasteiger partial charge < -0.3 is 15.2 Å². The molecule has 0 radical (unpaired) electrons. The van der Waals surface area contributed by atoms with E-state index in [1.807, 2.05) is 37.3 Å². The first-order valence-corrected chi connectivity index (χ1v) is 6.83. The normalized spacial score (nSPS) is 10.4. The van der Waals surface area contributed by atoms with Gasteiger partial charge in [0, 0.05) is 5.02 Å². The van der Waals surface area contributed by atoms with E-state index in [1.54, 1.807) is 13.2 Å². The molecule has 106 valence electrons. The van der Waals surface area contributed by atoms with Crippen LogP contribution in [-0.2, 0) is 6.42 Å². The highest BCUT2D eigenvalue weighted by Crippen LogP contribution is 2.35. The van der Waals surface area contributed by atoms with Gasteiger partial charge in [-0.1, -0.05) is 23.7 Å². The Morgan fingerprint density at radius 3 is 2.55 bits per heavy atom. The average molecular weight is 292 g/mol. The fraction of sp³-hybridized carbons (Fsp3) is 0.250. The quantitative estimate of drug-likeness (QED) is 0.907. The first-order valence-electron chi connectivity index (χ1n) is 6.45. The van der Waals surface area contributed by atoms with Crippen molar-refractivity contribution in [3.8, 4) is 17.2 Å². The predicted molar refractivity (Wildman–Crippen MR) is 82.0 cm³/mol. The smallest absolute Gasteiger partial charge is 0.169 e. The van der Waals surface area contributed by atoms with Crippen molar-refractivity contribution >= 4 is 11.6 Å². The van der Waals surface area contributed by atoms with Crippen molar-refractivity contribution in [3.63, 3.8) is 0 Å². The second-order valence-electron chi connectivity index (χ2n) is 4.55. The Kier molecular flexibility index (Phi) is 4.88. The summed E-state index contributed by atoms with van der Waals surface area (Å²) in [5.74, 6) is 2.08. The highest BCUT2D eigenvalue weighted by molar-refractivity contribution is 6.30. The fourth-order valence-electron chi connectivity index (χ4n) is 1.96. The van der Waals surface area contributed by atoms with E-state index >= 15 is 0 Å². The van der Waals surface area contributed by atoms with Gasteiger partial charge in [0.2, 0.25) is 0 Å². The summed E-state index contributed by atoms with van der Waals surface area (Å²) in [6.07, 6.45) is 0.737. The van der Waals surface area contributed by atoms with E-state index in [9.17, 15) is 0 Å². The van der Waals surface area contributed by atoms with Gasteiger partial charge in [-0.25, -0.2) is 0 Å². The molecule has 0 fully saturated rings. The van der Waals surface area contributed by atoms with E-state index in [2.05, 4.69) is 0 Å². The Balaban J connectivity index is 2.36. The molecular formula is C16H18ClNO2. The highest BCUT2D eigenvalue weighted by atomic mass is 35.5. The van der Waals surface area contributed by atoms with Gasteiger partial charge in [0.15, 0.2) is 11.5 Å². The SMILES string of the molecule is COc1cc(C)ccc1Oc1cc(Cl)ccc1CCN. The van der Waals surface area contributed by atoms with Gasteiger partial charge in [0.1, 0.15) is 5.75 Å². The van der Waals surface area contributed by atoms with Gasteiger partial charge in [0.05, 0.1) is 7.11 Å². The summed E-state index contributed by atoms with van der Waals surface area (Å²) in [6, 6.07) is 11.4. The van der Waals surface area contributed by atoms with Crippen molar-refractivity contribution in [1.29, 1.82) is 0 Å². The Hall–Kier alpha value is -1.71. The van der Waals surface area contributed by atoms with Gasteiger partial charge in [-0.05, 0) is 55.3 Å². The highest BCUT2D eigenvalue weighted by Gasteiger charge is 2.10. The third-order valence-corrected chi connectivity index (χ3v) is 3.22. The van der Waals surface area contributed by atoms with Gasteiger partial charge in [-0.3, -0.25) is 0 Å². The molecule has 0 aromatic heterocycles. The van der Waals surface area contributed by atoms with E-state index in [1.165, 1.54) is 0 Å². The molecule has 4 heteroatoms. The van der Waals surface area contributed by atoms with Crippen molar-refractivity contribution in [3.05, 3.63) is 52.5 Å². The molecule has 0 spiro atoms. The molecular weight excluding hydrogens is 274 g/mol. The first kappa shape index (κ1) is 14.7. The molecule has 0 amide bonds. The number of rotatable bonds is 5. The Morgan fingerprint density at radius 1 is 1.05 bits per heavy atom. The van der Waals surface area contributed by atoms with Crippen molar-refractivity contribution in [2.45, 2.75) is 13.3 Å². The lowest BCUT2D eigenvalue weighted by atomic mass is 10.1. The van der Waals surface area contributed by atoms with Crippen LogP contribution in [0.15, 0.2) is 36.4 Å². The molecule has 0 saturated carbocycles. The number of ether oxygens (including phenoxy) is 2. The number of methoxy groups -OCH3 is 1. The van der Waals surface area contributed by atoms with Crippen molar-refractivity contribution < 1.29 is 9.47 Å². The van der Waals surface area contributed by atoms with Gasteiger partial charge >= 0.3 is 0 Å². The summed E-state index contributed by atoms with van der Waals surface area (Å²) >= 11 is 6.04. The summed E-state index contributed by atoms with van der Waals surface area (Å²) in [5, 5.41) is 0.631. The second-order valence-corrected chi connectivity index (χ2v) is 4.98. The zero-order valence-corrected chi connectivity index (χ0v) is 12.4. The minimum absolute atomic E-state index is 0.559. The molecule has 0 unspecified atom stereocenters. The van der Waals surface area contributed by atoms with Crippen LogP contribution in [0, 0.1) is 6.92 Å². The number of halogens is 1. The summed E-state index contributed by atoms with van der Waals surface area (Å²) in [6.45, 7) is 2.56. The maximum atomic E-state index is 6.04. The van der Waals surface area contributed by atoms with Crippen molar-refractivity contribution in [2.24, 2.45) is 5.73 Å². The van der Waals surface area contributed by atoms with Crippen molar-refractivity contribution in [2.75, 3.05) is 13.7 Å². The molecule has 3 nitrogen and oxygen atoms in total. The minimum atomic E-state index is 0.559. The largest absolute Gasteiger partial charge is 0.493 e. The van der Waals surface area contributed by atoms with E-state index < -0.39 is 0 Å². The van der Waals surface area contributed by atoms with Crippen LogP contribution in [0.1, 0.15) is 11.1 Å². The molecule has 2 N–H and O–H groups in total. The van der Waals surface area contributed by atoms with Crippen LogP contribution >= 0.6 is 11.6 Å². The van der Waals surface area contributed by atoms with Gasteiger partial charge in [-0.15, -0.1) is 0 Å². The zero-order valence-electron chi connectivity index (χ0n) is 11.7. The first-order chi connectivity index (χ1) is 9.63. The molecule has 20 heavy (non-hydrogen) atoms. The summed E-state index contributed by atoms with van der Waals surface area (Å²) < 4.78 is 11.3. The van der Waals surface area contributed by atoms with E-state index in [4.69, 9.17) is 26.8 Å². The predicted octanol–water partition coefficient (Wildman–Crippen LogP) is 3.95. The van der Waals surface area contributed by atoms with Crippen LogP contribution in [-0.4, -0.2) is 13.7 Å². The van der Waals surface area contributed by atoms with Crippen LogP contribution in [0.4, 0.5) is 0 Å².